The summed E-state index contributed by atoms with van der Waals surface area (Å²) < 4.78 is 51.2. The zero-order chi connectivity index (χ0) is 29.3. The molecule has 14 heteroatoms. The second-order valence-electron chi connectivity index (χ2n) is 8.91. The van der Waals surface area contributed by atoms with Crippen LogP contribution in [0.3, 0.4) is 0 Å². The maximum absolute atomic E-state index is 13.5. The number of benzodiazepines with no additional fused rings is 1. The molecule has 210 valence electrons. The van der Waals surface area contributed by atoms with Gasteiger partial charge in [-0.2, -0.15) is 13.2 Å². The second kappa shape index (κ2) is 10.7. The van der Waals surface area contributed by atoms with E-state index in [0.29, 0.717) is 23.2 Å². The Hall–Kier alpha value is -5.66. The number of hydrogen-bond acceptors (Lipinski definition) is 10. The number of hydrogen-bond donors (Lipinski definition) is 2. The number of aliphatic imine (C=N–C) groups is 1. The first-order valence-corrected chi connectivity index (χ1v) is 12.4. The molecule has 2 N–H and O–H groups in total. The molecule has 1 aliphatic heterocycles. The Morgan fingerprint density at radius 2 is 1.64 bits per heavy atom. The quantitative estimate of drug-likeness (QED) is 0.292. The molecule has 2 aromatic carbocycles. The van der Waals surface area contributed by atoms with E-state index in [0.717, 1.165) is 11.6 Å². The van der Waals surface area contributed by atoms with Gasteiger partial charge in [0.1, 0.15) is 5.69 Å². The number of methoxy groups -OCH3 is 1. The Balaban J connectivity index is 1.36. The van der Waals surface area contributed by atoms with Crippen LogP contribution in [0.15, 0.2) is 88.7 Å². The van der Waals surface area contributed by atoms with E-state index in [2.05, 4.69) is 40.8 Å². The minimum atomic E-state index is -4.66. The highest BCUT2D eigenvalue weighted by molar-refractivity contribution is 6.19. The fourth-order valence-electron chi connectivity index (χ4n) is 4.25. The number of pyridine rings is 1. The molecular formula is C28H19F3N8O3. The van der Waals surface area contributed by atoms with Crippen LogP contribution in [0.2, 0.25) is 0 Å². The van der Waals surface area contributed by atoms with Gasteiger partial charge in [0.15, 0.2) is 0 Å². The van der Waals surface area contributed by atoms with Gasteiger partial charge >= 0.3 is 18.2 Å². The number of amides is 1. The highest BCUT2D eigenvalue weighted by Gasteiger charge is 2.33. The van der Waals surface area contributed by atoms with Crippen LogP contribution in [0.25, 0.3) is 22.7 Å². The van der Waals surface area contributed by atoms with Crippen molar-refractivity contribution < 1.29 is 27.1 Å². The van der Waals surface area contributed by atoms with Crippen molar-refractivity contribution >= 4 is 23.3 Å². The van der Waals surface area contributed by atoms with Crippen LogP contribution in [0, 0.1) is 0 Å². The van der Waals surface area contributed by atoms with E-state index >= 15 is 0 Å². The number of anilines is 2. The molecule has 3 aromatic heterocycles. The fourth-order valence-corrected chi connectivity index (χ4v) is 4.25. The average molecular weight is 573 g/mol. The highest BCUT2D eigenvalue weighted by Crippen LogP contribution is 2.36. The number of nitrogens with zero attached hydrogens (tertiary/aromatic N) is 6. The molecule has 0 saturated carbocycles. The van der Waals surface area contributed by atoms with Crippen LogP contribution in [0.5, 0.6) is 6.01 Å². The van der Waals surface area contributed by atoms with Crippen molar-refractivity contribution in [1.82, 2.24) is 25.1 Å². The summed E-state index contributed by atoms with van der Waals surface area (Å²) in [5, 5.41) is 13.6. The van der Waals surface area contributed by atoms with Crippen molar-refractivity contribution in [3.05, 3.63) is 95.9 Å². The number of ether oxygens (including phenoxy) is 1. The first kappa shape index (κ1) is 26.6. The third-order valence-corrected chi connectivity index (χ3v) is 6.22. The van der Waals surface area contributed by atoms with E-state index < -0.39 is 23.8 Å². The monoisotopic (exact) mass is 572 g/mol. The minimum absolute atomic E-state index is 0.00489. The Morgan fingerprint density at radius 1 is 0.905 bits per heavy atom. The number of benzene rings is 2. The van der Waals surface area contributed by atoms with Crippen molar-refractivity contribution in [3.8, 4) is 28.7 Å². The van der Waals surface area contributed by atoms with Gasteiger partial charge in [0, 0.05) is 40.8 Å². The first-order chi connectivity index (χ1) is 20.3. The summed E-state index contributed by atoms with van der Waals surface area (Å²) in [6.45, 7) is 0. The van der Waals surface area contributed by atoms with Crippen LogP contribution in [-0.4, -0.2) is 50.0 Å². The Labute approximate surface area is 235 Å². The highest BCUT2D eigenvalue weighted by atomic mass is 19.4. The number of aromatic nitrogens is 5. The molecule has 5 aromatic rings. The Bertz CT molecular complexity index is 1790. The molecule has 1 atom stereocenters. The van der Waals surface area contributed by atoms with E-state index in [-0.39, 0.29) is 34.7 Å². The number of carbonyl (C=O) groups excluding carboxylic acids is 1. The zero-order valence-corrected chi connectivity index (χ0v) is 21.6. The number of para-hydroxylation sites is 1. The third-order valence-electron chi connectivity index (χ3n) is 6.22. The lowest BCUT2D eigenvalue weighted by Crippen LogP contribution is -2.32. The summed E-state index contributed by atoms with van der Waals surface area (Å²) in [4.78, 5) is 29.7. The van der Waals surface area contributed by atoms with Crippen LogP contribution >= 0.6 is 0 Å². The topological polar surface area (TPSA) is 140 Å². The molecule has 11 nitrogen and oxygen atoms in total. The molecule has 1 unspecified atom stereocenters. The first-order valence-electron chi connectivity index (χ1n) is 12.4. The molecule has 0 saturated heterocycles. The summed E-state index contributed by atoms with van der Waals surface area (Å²) in [7, 11) is 1.36. The molecule has 0 bridgehead atoms. The molecule has 1 amide bonds. The molecule has 6 rings (SSSR count). The molecule has 4 heterocycles. The van der Waals surface area contributed by atoms with Crippen molar-refractivity contribution in [1.29, 1.82) is 0 Å². The van der Waals surface area contributed by atoms with Crippen LogP contribution in [0.4, 0.5) is 24.9 Å². The summed E-state index contributed by atoms with van der Waals surface area (Å²) in [6, 6.07) is 17.3. The summed E-state index contributed by atoms with van der Waals surface area (Å²) in [5.41, 5.74) is 1.77. The van der Waals surface area contributed by atoms with Gasteiger partial charge < -0.3 is 19.8 Å². The smallest absolute Gasteiger partial charge is 0.417 e. The van der Waals surface area contributed by atoms with Crippen LogP contribution in [0.1, 0.15) is 16.7 Å². The molecule has 0 radical (unpaired) electrons. The number of alkyl halides is 3. The molecule has 42 heavy (non-hydrogen) atoms. The lowest BCUT2D eigenvalue weighted by molar-refractivity contribution is -0.137. The number of fused-ring (bicyclic) bond motifs is 1. The average Bonchev–Trinajstić information content (AvgIpc) is 3.42. The standard InChI is InChI=1S/C28H19F3N8O3/c1-41-26-33-12-16(13-34-26)19-11-17(28(29,30)31)14-32-22(19)25-38-39-27(42-25)37-23-24(40)35-20-10-6-5-9-18(20)21(36-23)15-7-3-2-4-8-15/h2-14,23H,1H3,(H,35,40)(H,37,39). The van der Waals surface area contributed by atoms with Gasteiger partial charge in [-0.3, -0.25) is 4.79 Å². The van der Waals surface area contributed by atoms with Gasteiger partial charge in [-0.05, 0) is 12.1 Å². The Morgan fingerprint density at radius 3 is 2.38 bits per heavy atom. The van der Waals surface area contributed by atoms with Gasteiger partial charge in [0.05, 0.1) is 24.1 Å². The van der Waals surface area contributed by atoms with Crippen molar-refractivity contribution in [2.45, 2.75) is 12.3 Å². The SMILES string of the molecule is COc1ncc(-c2cc(C(F)(F)F)cnc2-c2nnc(NC3N=C(c4ccccc4)c4ccccc4NC3=O)o2)cn1. The predicted molar refractivity (Wildman–Crippen MR) is 145 cm³/mol. The largest absolute Gasteiger partial charge is 0.467 e. The van der Waals surface area contributed by atoms with Gasteiger partial charge in [-0.15, -0.1) is 5.10 Å². The van der Waals surface area contributed by atoms with E-state index in [9.17, 15) is 18.0 Å². The normalized spacial score (nSPS) is 14.8. The molecular weight excluding hydrogens is 553 g/mol. The third kappa shape index (κ3) is 5.24. The van der Waals surface area contributed by atoms with E-state index in [1.807, 2.05) is 42.5 Å². The molecule has 0 fully saturated rings. The second-order valence-corrected chi connectivity index (χ2v) is 8.91. The molecule has 0 spiro atoms. The summed E-state index contributed by atoms with van der Waals surface area (Å²) in [5.74, 6) is -0.696. The van der Waals surface area contributed by atoms with Gasteiger partial charge in [-0.25, -0.2) is 19.9 Å². The van der Waals surface area contributed by atoms with E-state index in [1.165, 1.54) is 19.5 Å². The number of halogens is 3. The van der Waals surface area contributed by atoms with E-state index in [1.54, 1.807) is 12.1 Å². The van der Waals surface area contributed by atoms with Crippen LogP contribution < -0.4 is 15.4 Å². The van der Waals surface area contributed by atoms with Gasteiger partial charge in [0.25, 0.3) is 11.8 Å². The number of nitrogens with one attached hydrogen (secondary N) is 2. The van der Waals surface area contributed by atoms with Gasteiger partial charge in [0.2, 0.25) is 6.17 Å². The summed E-state index contributed by atoms with van der Waals surface area (Å²) >= 11 is 0. The molecule has 1 aliphatic rings. The van der Waals surface area contributed by atoms with Crippen molar-refractivity contribution in [3.63, 3.8) is 0 Å². The lowest BCUT2D eigenvalue weighted by Gasteiger charge is -2.12. The fraction of sp³-hybridized carbons (Fsp3) is 0.107. The summed E-state index contributed by atoms with van der Waals surface area (Å²) in [6.07, 6.45) is -2.61. The lowest BCUT2D eigenvalue weighted by atomic mass is 10.0. The number of carbonyl (C=O) groups is 1. The van der Waals surface area contributed by atoms with Crippen molar-refractivity contribution in [2.24, 2.45) is 4.99 Å². The number of rotatable bonds is 6. The maximum Gasteiger partial charge on any atom is 0.417 e. The minimum Gasteiger partial charge on any atom is -0.467 e. The van der Waals surface area contributed by atoms with Crippen molar-refractivity contribution in [2.75, 3.05) is 17.7 Å². The zero-order valence-electron chi connectivity index (χ0n) is 21.6. The maximum atomic E-state index is 13.5. The Kier molecular flexibility index (Phi) is 6.78. The van der Waals surface area contributed by atoms with Crippen LogP contribution in [-0.2, 0) is 11.0 Å². The van der Waals surface area contributed by atoms with Gasteiger partial charge in [-0.1, -0.05) is 53.6 Å². The predicted octanol–water partition coefficient (Wildman–Crippen LogP) is 4.84. The van der Waals surface area contributed by atoms with E-state index in [4.69, 9.17) is 9.15 Å². The molecule has 0 aliphatic carbocycles.